The van der Waals surface area contributed by atoms with E-state index < -0.39 is 5.41 Å². The lowest BCUT2D eigenvalue weighted by atomic mass is 9.92. The second-order valence-electron chi connectivity index (χ2n) is 5.44. The van der Waals surface area contributed by atoms with Crippen LogP contribution < -0.4 is 16.0 Å². The molecule has 2 amide bonds. The minimum atomic E-state index is -0.586. The van der Waals surface area contributed by atoms with Crippen LogP contribution in [0.1, 0.15) is 13.8 Å². The molecule has 0 aromatic rings. The van der Waals surface area contributed by atoms with Crippen molar-refractivity contribution in [2.75, 3.05) is 40.8 Å². The van der Waals surface area contributed by atoms with E-state index in [1.165, 1.54) is 4.90 Å². The maximum Gasteiger partial charge on any atom is 0.243 e. The third-order valence-electron chi connectivity index (χ3n) is 2.82. The Balaban J connectivity index is 4.69. The van der Waals surface area contributed by atoms with Crippen LogP contribution in [0.15, 0.2) is 17.6 Å². The molecule has 0 fully saturated rings. The first-order chi connectivity index (χ1) is 9.74. The highest BCUT2D eigenvalue weighted by atomic mass is 16.2. The van der Waals surface area contributed by atoms with Crippen LogP contribution in [0.3, 0.4) is 0 Å². The van der Waals surface area contributed by atoms with E-state index in [1.54, 1.807) is 27.2 Å². The zero-order valence-electron chi connectivity index (χ0n) is 13.6. The third-order valence-corrected chi connectivity index (χ3v) is 2.82. The number of carbonyl (C=O) groups excluding carboxylic acids is 2. The Labute approximate surface area is 126 Å². The summed E-state index contributed by atoms with van der Waals surface area (Å²) < 4.78 is 0. The van der Waals surface area contributed by atoms with Gasteiger partial charge in [-0.05, 0) is 13.8 Å². The number of guanidine groups is 1. The fraction of sp³-hybridized carbons (Fsp3) is 0.643. The molecule has 0 aromatic carbocycles. The largest absolute Gasteiger partial charge is 0.359 e. The number of likely N-dealkylation sites (N-methyl/N-ethyl adjacent to an activating group) is 1. The first kappa shape index (κ1) is 18.9. The molecule has 3 N–H and O–H groups in total. The van der Waals surface area contributed by atoms with Gasteiger partial charge in [0.25, 0.3) is 0 Å². The second kappa shape index (κ2) is 8.99. The van der Waals surface area contributed by atoms with Gasteiger partial charge in [-0.2, -0.15) is 0 Å². The third kappa shape index (κ3) is 7.34. The summed E-state index contributed by atoms with van der Waals surface area (Å²) in [6.07, 6.45) is 1.69. The van der Waals surface area contributed by atoms with Gasteiger partial charge < -0.3 is 20.9 Å². The van der Waals surface area contributed by atoms with E-state index in [0.29, 0.717) is 19.0 Å². The molecule has 7 heteroatoms. The molecule has 0 saturated heterocycles. The number of rotatable bonds is 7. The molecule has 0 aromatic heterocycles. The highest BCUT2D eigenvalue weighted by molar-refractivity contribution is 5.86. The Morgan fingerprint density at radius 2 is 1.90 bits per heavy atom. The lowest BCUT2D eigenvalue weighted by Gasteiger charge is -2.24. The Hall–Kier alpha value is -2.05. The van der Waals surface area contributed by atoms with E-state index >= 15 is 0 Å². The van der Waals surface area contributed by atoms with Crippen LogP contribution in [0.2, 0.25) is 0 Å². The van der Waals surface area contributed by atoms with Gasteiger partial charge in [-0.3, -0.25) is 9.59 Å². The van der Waals surface area contributed by atoms with Gasteiger partial charge in [0.15, 0.2) is 5.96 Å². The normalized spacial score (nSPS) is 11.6. The Bertz CT molecular complexity index is 402. The monoisotopic (exact) mass is 297 g/mol. The summed E-state index contributed by atoms with van der Waals surface area (Å²) in [5.41, 5.74) is -0.586. The molecule has 0 spiro atoms. The quantitative estimate of drug-likeness (QED) is 0.338. The zero-order chi connectivity index (χ0) is 16.5. The molecular weight excluding hydrogens is 270 g/mol. The average molecular weight is 297 g/mol. The molecule has 0 aliphatic heterocycles. The first-order valence-electron chi connectivity index (χ1n) is 6.80. The fourth-order valence-corrected chi connectivity index (χ4v) is 1.35. The van der Waals surface area contributed by atoms with Crippen molar-refractivity contribution in [1.82, 2.24) is 20.9 Å². The first-order valence-corrected chi connectivity index (χ1v) is 6.80. The van der Waals surface area contributed by atoms with Gasteiger partial charge >= 0.3 is 0 Å². The van der Waals surface area contributed by atoms with Crippen molar-refractivity contribution in [1.29, 1.82) is 0 Å². The van der Waals surface area contributed by atoms with Gasteiger partial charge in [0.05, 0.1) is 5.41 Å². The number of nitrogens with zero attached hydrogens (tertiary/aromatic N) is 2. The summed E-state index contributed by atoms with van der Waals surface area (Å²) in [7, 11) is 4.96. The molecule has 0 aliphatic carbocycles. The van der Waals surface area contributed by atoms with Crippen LogP contribution in [-0.4, -0.2) is 63.5 Å². The van der Waals surface area contributed by atoms with E-state index in [2.05, 4.69) is 27.5 Å². The zero-order valence-corrected chi connectivity index (χ0v) is 13.6. The summed E-state index contributed by atoms with van der Waals surface area (Å²) in [6, 6.07) is 0. The van der Waals surface area contributed by atoms with Gasteiger partial charge in [0, 0.05) is 34.2 Å². The van der Waals surface area contributed by atoms with Crippen molar-refractivity contribution in [2.24, 2.45) is 10.4 Å². The van der Waals surface area contributed by atoms with Crippen LogP contribution in [0.4, 0.5) is 0 Å². The van der Waals surface area contributed by atoms with Crippen LogP contribution >= 0.6 is 0 Å². The Morgan fingerprint density at radius 1 is 1.29 bits per heavy atom. The highest BCUT2D eigenvalue weighted by Crippen LogP contribution is 2.12. The number of aliphatic imine (C=N–C) groups is 1. The molecule has 0 unspecified atom stereocenters. The van der Waals surface area contributed by atoms with Gasteiger partial charge in [0.1, 0.15) is 6.54 Å². The number of amides is 2. The minimum absolute atomic E-state index is 0.0415. The predicted molar refractivity (Wildman–Crippen MR) is 85.0 cm³/mol. The van der Waals surface area contributed by atoms with Crippen molar-refractivity contribution >= 4 is 17.8 Å². The van der Waals surface area contributed by atoms with E-state index in [9.17, 15) is 9.59 Å². The number of carbonyl (C=O) groups is 2. The van der Waals surface area contributed by atoms with Crippen molar-refractivity contribution < 1.29 is 9.59 Å². The molecule has 7 nitrogen and oxygen atoms in total. The fourth-order valence-electron chi connectivity index (χ4n) is 1.35. The molecular formula is C14H27N5O2. The minimum Gasteiger partial charge on any atom is -0.359 e. The lowest BCUT2D eigenvalue weighted by Crippen LogP contribution is -2.47. The van der Waals surface area contributed by atoms with E-state index in [-0.39, 0.29) is 18.4 Å². The summed E-state index contributed by atoms with van der Waals surface area (Å²) >= 11 is 0. The summed E-state index contributed by atoms with van der Waals surface area (Å²) in [5.74, 6) is 0.310. The standard InChI is InChI=1S/C14H27N5O2/c1-7-8-16-13(17-9-11(20)19(5)6)18-10-14(2,3)12(21)15-4/h7H,1,8-10H2,2-6H3,(H,15,21)(H2,16,17,18). The Kier molecular flexibility index (Phi) is 8.11. The number of hydrogen-bond donors (Lipinski definition) is 3. The summed E-state index contributed by atoms with van der Waals surface area (Å²) in [4.78, 5) is 29.0. The van der Waals surface area contributed by atoms with Gasteiger partial charge in [-0.1, -0.05) is 6.08 Å². The molecule has 0 rings (SSSR count). The summed E-state index contributed by atoms with van der Waals surface area (Å²) in [6.45, 7) is 8.23. The second-order valence-corrected chi connectivity index (χ2v) is 5.44. The van der Waals surface area contributed by atoms with E-state index in [4.69, 9.17) is 0 Å². The van der Waals surface area contributed by atoms with Crippen LogP contribution in [0.5, 0.6) is 0 Å². The van der Waals surface area contributed by atoms with Crippen LogP contribution in [0.25, 0.3) is 0 Å². The Morgan fingerprint density at radius 3 is 2.38 bits per heavy atom. The number of nitrogens with one attached hydrogen (secondary N) is 3. The van der Waals surface area contributed by atoms with Crippen LogP contribution in [0, 0.1) is 5.41 Å². The molecule has 0 heterocycles. The molecule has 0 aliphatic rings. The SMILES string of the molecule is C=CCNC(=NCC(=O)N(C)C)NCC(C)(C)C(=O)NC. The summed E-state index contributed by atoms with van der Waals surface area (Å²) in [5, 5.41) is 8.70. The van der Waals surface area contributed by atoms with Crippen molar-refractivity contribution in [3.63, 3.8) is 0 Å². The lowest BCUT2D eigenvalue weighted by molar-refractivity contribution is -0.128. The number of hydrogen-bond acceptors (Lipinski definition) is 3. The average Bonchev–Trinajstić information content (AvgIpc) is 2.44. The molecule has 0 saturated carbocycles. The topological polar surface area (TPSA) is 85.8 Å². The van der Waals surface area contributed by atoms with Gasteiger partial charge in [0.2, 0.25) is 11.8 Å². The van der Waals surface area contributed by atoms with Crippen molar-refractivity contribution in [3.8, 4) is 0 Å². The predicted octanol–water partition coefficient (Wildman–Crippen LogP) is -0.432. The van der Waals surface area contributed by atoms with Gasteiger partial charge in [-0.25, -0.2) is 4.99 Å². The smallest absolute Gasteiger partial charge is 0.243 e. The van der Waals surface area contributed by atoms with Gasteiger partial charge in [-0.15, -0.1) is 6.58 Å². The van der Waals surface area contributed by atoms with E-state index in [0.717, 1.165) is 0 Å². The van der Waals surface area contributed by atoms with Crippen LogP contribution in [-0.2, 0) is 9.59 Å². The molecule has 0 atom stereocenters. The molecule has 0 radical (unpaired) electrons. The highest BCUT2D eigenvalue weighted by Gasteiger charge is 2.26. The van der Waals surface area contributed by atoms with Crippen molar-refractivity contribution in [2.45, 2.75) is 13.8 Å². The molecule has 21 heavy (non-hydrogen) atoms. The van der Waals surface area contributed by atoms with E-state index in [1.807, 2.05) is 13.8 Å². The van der Waals surface area contributed by atoms with Crippen molar-refractivity contribution in [3.05, 3.63) is 12.7 Å². The maximum absolute atomic E-state index is 11.7. The molecule has 120 valence electrons. The molecule has 0 bridgehead atoms. The maximum atomic E-state index is 11.7.